The van der Waals surface area contributed by atoms with Gasteiger partial charge in [0.2, 0.25) is 0 Å². The van der Waals surface area contributed by atoms with E-state index in [0.717, 1.165) is 27.7 Å². The lowest BCUT2D eigenvalue weighted by Gasteiger charge is -2.23. The fraction of sp³-hybridized carbons (Fsp3) is 0.400. The summed E-state index contributed by atoms with van der Waals surface area (Å²) in [7, 11) is 0. The Morgan fingerprint density at radius 2 is 1.71 bits per heavy atom. The van der Waals surface area contributed by atoms with Crippen LogP contribution in [-0.4, -0.2) is 5.11 Å². The highest BCUT2D eigenvalue weighted by Gasteiger charge is 2.21. The van der Waals surface area contributed by atoms with Gasteiger partial charge in [0.05, 0.1) is 5.69 Å². The Hall–Kier alpha value is -1.68. The zero-order chi connectivity index (χ0) is 17.9. The lowest BCUT2D eigenvalue weighted by atomic mass is 9.83. The van der Waals surface area contributed by atoms with E-state index >= 15 is 0 Å². The van der Waals surface area contributed by atoms with E-state index in [9.17, 15) is 5.11 Å². The molecule has 0 saturated heterocycles. The first-order valence-electron chi connectivity index (χ1n) is 8.27. The van der Waals surface area contributed by atoms with Crippen LogP contribution in [0.1, 0.15) is 58.1 Å². The third kappa shape index (κ3) is 4.23. The smallest absolute Gasteiger partial charge is 0.146 e. The monoisotopic (exact) mass is 388 g/mol. The molecule has 128 valence electrons. The van der Waals surface area contributed by atoms with Crippen LogP contribution >= 0.6 is 15.9 Å². The second-order valence-corrected chi connectivity index (χ2v) is 8.00. The van der Waals surface area contributed by atoms with Gasteiger partial charge in [-0.05, 0) is 63.0 Å². The molecule has 2 rings (SSSR count). The average molecular weight is 389 g/mol. The number of halogens is 1. The maximum atomic E-state index is 10.7. The molecule has 0 radical (unpaired) electrons. The highest BCUT2D eigenvalue weighted by atomic mass is 79.9. The molecule has 0 aliphatic rings. The third-order valence-electron chi connectivity index (χ3n) is 4.25. The maximum absolute atomic E-state index is 10.7. The van der Waals surface area contributed by atoms with E-state index in [1.807, 2.05) is 30.3 Å². The van der Waals surface area contributed by atoms with Gasteiger partial charge in [0.15, 0.2) is 0 Å². The zero-order valence-electron chi connectivity index (χ0n) is 15.0. The van der Waals surface area contributed by atoms with Crippen molar-refractivity contribution < 1.29 is 5.11 Å². The topological polar surface area (TPSA) is 45.0 Å². The second kappa shape index (κ2) is 7.47. The molecule has 1 unspecified atom stereocenters. The zero-order valence-corrected chi connectivity index (χ0v) is 16.6. The van der Waals surface area contributed by atoms with Gasteiger partial charge in [-0.15, -0.1) is 10.2 Å². The highest BCUT2D eigenvalue weighted by molar-refractivity contribution is 9.10. The fourth-order valence-electron chi connectivity index (χ4n) is 2.39. The quantitative estimate of drug-likeness (QED) is 0.545. The lowest BCUT2D eigenvalue weighted by molar-refractivity contribution is 0.461. The summed E-state index contributed by atoms with van der Waals surface area (Å²) in [6.45, 7) is 10.7. The van der Waals surface area contributed by atoms with Gasteiger partial charge in [-0.25, -0.2) is 0 Å². The number of hydrogen-bond acceptors (Lipinski definition) is 3. The molecule has 0 aliphatic heterocycles. The van der Waals surface area contributed by atoms with Crippen LogP contribution in [-0.2, 0) is 5.41 Å². The van der Waals surface area contributed by atoms with Gasteiger partial charge in [0, 0.05) is 4.47 Å². The number of rotatable bonds is 4. The lowest BCUT2D eigenvalue weighted by Crippen LogP contribution is -2.11. The minimum atomic E-state index is -0.0203. The van der Waals surface area contributed by atoms with Crippen molar-refractivity contribution >= 4 is 27.3 Å². The molecule has 0 bridgehead atoms. The number of phenolic OH excluding ortho intramolecular Hbond substituents is 1. The number of nitrogens with zero attached hydrogens (tertiary/aromatic N) is 2. The summed E-state index contributed by atoms with van der Waals surface area (Å²) in [5.74, 6) is 0.498. The van der Waals surface area contributed by atoms with Crippen molar-refractivity contribution in [3.05, 3.63) is 52.0 Å². The molecule has 0 saturated carbocycles. The van der Waals surface area contributed by atoms with Gasteiger partial charge in [-0.1, -0.05) is 52.8 Å². The van der Waals surface area contributed by atoms with E-state index in [-0.39, 0.29) is 17.1 Å². The maximum Gasteiger partial charge on any atom is 0.146 e. The van der Waals surface area contributed by atoms with Crippen molar-refractivity contribution in [2.75, 3.05) is 0 Å². The van der Waals surface area contributed by atoms with Crippen molar-refractivity contribution in [3.63, 3.8) is 0 Å². The van der Waals surface area contributed by atoms with Crippen LogP contribution in [0.3, 0.4) is 0 Å². The Bertz CT molecular complexity index is 748. The van der Waals surface area contributed by atoms with Gasteiger partial charge in [0.1, 0.15) is 11.4 Å². The Kier molecular flexibility index (Phi) is 5.81. The molecule has 0 fully saturated rings. The fourth-order valence-corrected chi connectivity index (χ4v) is 2.75. The average Bonchev–Trinajstić information content (AvgIpc) is 2.53. The molecule has 0 aliphatic carbocycles. The molecule has 0 heterocycles. The molecule has 1 N–H and O–H groups in total. The first-order valence-corrected chi connectivity index (χ1v) is 9.07. The summed E-state index contributed by atoms with van der Waals surface area (Å²) < 4.78 is 0.877. The molecule has 24 heavy (non-hydrogen) atoms. The minimum Gasteiger partial charge on any atom is -0.505 e. The predicted molar refractivity (Wildman–Crippen MR) is 104 cm³/mol. The molecular formula is C20H25BrN2O. The van der Waals surface area contributed by atoms with Gasteiger partial charge in [-0.3, -0.25) is 0 Å². The molecule has 0 amide bonds. The van der Waals surface area contributed by atoms with Gasteiger partial charge >= 0.3 is 0 Å². The van der Waals surface area contributed by atoms with Crippen LogP contribution in [0.25, 0.3) is 0 Å². The Morgan fingerprint density at radius 1 is 1.08 bits per heavy atom. The second-order valence-electron chi connectivity index (χ2n) is 7.14. The third-order valence-corrected chi connectivity index (χ3v) is 4.92. The van der Waals surface area contributed by atoms with E-state index in [1.54, 1.807) is 0 Å². The molecule has 0 aromatic heterocycles. The Labute approximate surface area is 153 Å². The molecule has 0 spiro atoms. The molecular weight excluding hydrogens is 364 g/mol. The standard InChI is InChI=1S/C20H25BrN2O/c1-6-13(2)15-11-14(20(3,4)5)12-18(19(15)24)23-22-17-10-8-7-9-16(17)21/h7-13,24H,6H2,1-5H3/b23-22+. The van der Waals surface area contributed by atoms with Crippen LogP contribution in [0.2, 0.25) is 0 Å². The first-order chi connectivity index (χ1) is 11.2. The summed E-state index contributed by atoms with van der Waals surface area (Å²) in [5.41, 5.74) is 3.33. The van der Waals surface area contributed by atoms with Crippen molar-refractivity contribution in [1.29, 1.82) is 0 Å². The van der Waals surface area contributed by atoms with E-state index < -0.39 is 0 Å². The minimum absolute atomic E-state index is 0.0203. The van der Waals surface area contributed by atoms with Crippen LogP contribution in [0.5, 0.6) is 5.75 Å². The Morgan fingerprint density at radius 3 is 2.29 bits per heavy atom. The van der Waals surface area contributed by atoms with Crippen molar-refractivity contribution in [3.8, 4) is 5.75 Å². The summed E-state index contributed by atoms with van der Waals surface area (Å²) in [5, 5.41) is 19.3. The van der Waals surface area contributed by atoms with Crippen LogP contribution in [0.4, 0.5) is 11.4 Å². The molecule has 3 nitrogen and oxygen atoms in total. The molecule has 2 aromatic carbocycles. The summed E-state index contributed by atoms with van der Waals surface area (Å²) in [6.07, 6.45) is 0.960. The van der Waals surface area contributed by atoms with E-state index in [2.05, 4.69) is 66.8 Å². The number of azo groups is 1. The van der Waals surface area contributed by atoms with Gasteiger partial charge < -0.3 is 5.11 Å². The molecule has 4 heteroatoms. The van der Waals surface area contributed by atoms with Crippen molar-refractivity contribution in [1.82, 2.24) is 0 Å². The molecule has 2 aromatic rings. The predicted octanol–water partition coefficient (Wildman–Crippen LogP) is 7.38. The number of aromatic hydroxyl groups is 1. The van der Waals surface area contributed by atoms with E-state index in [1.165, 1.54) is 0 Å². The van der Waals surface area contributed by atoms with Gasteiger partial charge in [0.25, 0.3) is 0 Å². The van der Waals surface area contributed by atoms with Crippen LogP contribution in [0.15, 0.2) is 51.1 Å². The normalized spacial score (nSPS) is 13.4. The SMILES string of the molecule is CCC(C)c1cc(C(C)(C)C)cc(/N=N/c2ccccc2Br)c1O. The van der Waals surface area contributed by atoms with Crippen LogP contribution in [0, 0.1) is 0 Å². The first kappa shape index (κ1) is 18.7. The molecule has 1 atom stereocenters. The van der Waals surface area contributed by atoms with E-state index in [0.29, 0.717) is 5.69 Å². The Balaban J connectivity index is 2.54. The van der Waals surface area contributed by atoms with Gasteiger partial charge in [-0.2, -0.15) is 0 Å². The van der Waals surface area contributed by atoms with Crippen molar-refractivity contribution in [2.24, 2.45) is 10.2 Å². The summed E-state index contributed by atoms with van der Waals surface area (Å²) >= 11 is 3.47. The number of benzene rings is 2. The summed E-state index contributed by atoms with van der Waals surface area (Å²) in [6, 6.07) is 11.7. The summed E-state index contributed by atoms with van der Waals surface area (Å²) in [4.78, 5) is 0. The number of hydrogen-bond donors (Lipinski definition) is 1. The largest absolute Gasteiger partial charge is 0.505 e. The van der Waals surface area contributed by atoms with Crippen LogP contribution < -0.4 is 0 Å². The van der Waals surface area contributed by atoms with E-state index in [4.69, 9.17) is 0 Å². The van der Waals surface area contributed by atoms with Crippen molar-refractivity contribution in [2.45, 2.75) is 52.4 Å². The number of phenols is 1. The highest BCUT2D eigenvalue weighted by Crippen LogP contribution is 2.41.